The van der Waals surface area contributed by atoms with Crippen LogP contribution in [0.3, 0.4) is 0 Å². The number of rotatable bonds is 6. The molecule has 0 aromatic heterocycles. The molecule has 0 amide bonds. The predicted molar refractivity (Wildman–Crippen MR) is 69.4 cm³/mol. The van der Waals surface area contributed by atoms with Crippen LogP contribution in [0, 0.1) is 6.92 Å². The summed E-state index contributed by atoms with van der Waals surface area (Å²) in [5, 5.41) is 9.20. The Morgan fingerprint density at radius 1 is 1.42 bits per heavy atom. The van der Waals surface area contributed by atoms with E-state index in [2.05, 4.69) is 0 Å². The van der Waals surface area contributed by atoms with Gasteiger partial charge in [0, 0.05) is 25.2 Å². The van der Waals surface area contributed by atoms with Crippen LogP contribution in [0.5, 0.6) is 0 Å². The van der Waals surface area contributed by atoms with E-state index in [1.165, 1.54) is 0 Å². The normalized spacial score (nSPS) is 12.6. The van der Waals surface area contributed by atoms with Gasteiger partial charge in [-0.1, -0.05) is 12.1 Å². The zero-order chi connectivity index (χ0) is 13.8. The van der Waals surface area contributed by atoms with Gasteiger partial charge in [0.15, 0.2) is 0 Å². The van der Waals surface area contributed by atoms with E-state index in [4.69, 9.17) is 0 Å². The molecule has 7 heteroatoms. The van der Waals surface area contributed by atoms with Crippen molar-refractivity contribution in [1.82, 2.24) is 0 Å². The first kappa shape index (κ1) is 18.9. The second-order valence-corrected chi connectivity index (χ2v) is 5.68. The molecule has 0 aliphatic carbocycles. The molecule has 0 radical (unpaired) electrons. The number of hydrogen-bond donors (Lipinski definition) is 1. The Labute approximate surface area is 136 Å². The van der Waals surface area contributed by atoms with Crippen molar-refractivity contribution in [1.29, 1.82) is 0 Å². The summed E-state index contributed by atoms with van der Waals surface area (Å²) < 4.78 is 31.8. The summed E-state index contributed by atoms with van der Waals surface area (Å²) in [4.78, 5) is 1.92. The molecule has 0 heterocycles. The standard InChI is InChI=1S/C12H19NO4S.Na/c1-3-13(8-7-12(14)18(15,16)17)11-6-4-5-10(2)9-11;/h4-6,9,12,14H,3,7-8H2,1-2H3,(H,15,16,17);/q;+1/p-1. The minimum atomic E-state index is -4.62. The van der Waals surface area contributed by atoms with Gasteiger partial charge in [-0.3, -0.25) is 0 Å². The van der Waals surface area contributed by atoms with Crippen molar-refractivity contribution >= 4 is 15.8 Å². The van der Waals surface area contributed by atoms with Gasteiger partial charge >= 0.3 is 29.6 Å². The largest absolute Gasteiger partial charge is 1.00 e. The third-order valence-electron chi connectivity index (χ3n) is 2.73. The van der Waals surface area contributed by atoms with E-state index < -0.39 is 15.6 Å². The third-order valence-corrected chi connectivity index (χ3v) is 3.63. The van der Waals surface area contributed by atoms with Crippen molar-refractivity contribution in [2.24, 2.45) is 0 Å². The molecule has 0 aliphatic heterocycles. The quantitative estimate of drug-likeness (QED) is 0.489. The molecule has 0 saturated heterocycles. The van der Waals surface area contributed by atoms with Crippen LogP contribution in [0.4, 0.5) is 5.69 Å². The topological polar surface area (TPSA) is 80.7 Å². The molecule has 0 bridgehead atoms. The maximum Gasteiger partial charge on any atom is 1.00 e. The van der Waals surface area contributed by atoms with Crippen molar-refractivity contribution in [3.05, 3.63) is 29.8 Å². The van der Waals surface area contributed by atoms with E-state index in [0.29, 0.717) is 13.1 Å². The Bertz CT molecular complexity index is 492. The third kappa shape index (κ3) is 6.25. The number of anilines is 1. The van der Waals surface area contributed by atoms with Gasteiger partial charge in [-0.25, -0.2) is 8.42 Å². The van der Waals surface area contributed by atoms with Crippen LogP contribution in [0.15, 0.2) is 24.3 Å². The maximum absolute atomic E-state index is 10.6. The molecular formula is C12H18NNaO4S. The number of hydrogen-bond acceptors (Lipinski definition) is 5. The second-order valence-electron chi connectivity index (χ2n) is 4.15. The van der Waals surface area contributed by atoms with Crippen LogP contribution in [-0.2, 0) is 10.1 Å². The fourth-order valence-electron chi connectivity index (χ4n) is 1.71. The molecule has 5 nitrogen and oxygen atoms in total. The second kappa shape index (κ2) is 8.24. The van der Waals surface area contributed by atoms with E-state index in [1.54, 1.807) is 0 Å². The molecule has 19 heavy (non-hydrogen) atoms. The zero-order valence-electron chi connectivity index (χ0n) is 11.5. The van der Waals surface area contributed by atoms with E-state index >= 15 is 0 Å². The molecule has 1 rings (SSSR count). The summed E-state index contributed by atoms with van der Waals surface area (Å²) in [6.45, 7) is 4.90. The fraction of sp³-hybridized carbons (Fsp3) is 0.500. The van der Waals surface area contributed by atoms with Crippen molar-refractivity contribution in [3.8, 4) is 0 Å². The van der Waals surface area contributed by atoms with E-state index in [-0.39, 0.29) is 36.0 Å². The summed E-state index contributed by atoms with van der Waals surface area (Å²) in [6.07, 6.45) is -0.0897. The van der Waals surface area contributed by atoms with Gasteiger partial charge in [0.2, 0.25) is 0 Å². The molecule has 1 aromatic carbocycles. The molecule has 102 valence electrons. The van der Waals surface area contributed by atoms with Crippen LogP contribution in [-0.4, -0.2) is 36.6 Å². The fourth-order valence-corrected chi connectivity index (χ4v) is 2.10. The number of aliphatic hydroxyl groups is 1. The van der Waals surface area contributed by atoms with Crippen LogP contribution in [0.25, 0.3) is 0 Å². The summed E-state index contributed by atoms with van der Waals surface area (Å²) >= 11 is 0. The molecule has 1 atom stereocenters. The Kier molecular flexibility index (Phi) is 8.19. The van der Waals surface area contributed by atoms with E-state index in [9.17, 15) is 18.1 Å². The van der Waals surface area contributed by atoms with Gasteiger partial charge in [0.05, 0.1) is 0 Å². The molecule has 1 aromatic rings. The molecule has 0 saturated carbocycles. The van der Waals surface area contributed by atoms with Gasteiger partial charge < -0.3 is 14.6 Å². The molecule has 0 spiro atoms. The number of nitrogens with zero attached hydrogens (tertiary/aromatic N) is 1. The van der Waals surface area contributed by atoms with Crippen LogP contribution in [0.1, 0.15) is 18.9 Å². The molecule has 1 N–H and O–H groups in total. The minimum Gasteiger partial charge on any atom is -0.746 e. The summed E-state index contributed by atoms with van der Waals surface area (Å²) in [5.74, 6) is 0. The van der Waals surface area contributed by atoms with Crippen molar-refractivity contribution in [2.75, 3.05) is 18.0 Å². The first-order chi connectivity index (χ1) is 8.34. The van der Waals surface area contributed by atoms with Crippen molar-refractivity contribution in [2.45, 2.75) is 25.7 Å². The van der Waals surface area contributed by atoms with Gasteiger partial charge in [-0.15, -0.1) is 0 Å². The van der Waals surface area contributed by atoms with Gasteiger partial charge in [-0.2, -0.15) is 0 Å². The molecule has 0 aliphatic rings. The Balaban J connectivity index is 0.00000324. The Morgan fingerprint density at radius 3 is 2.53 bits per heavy atom. The predicted octanol–water partition coefficient (Wildman–Crippen LogP) is -1.92. The molecule has 1 unspecified atom stereocenters. The number of benzene rings is 1. The Hall–Kier alpha value is -0.110. The van der Waals surface area contributed by atoms with Crippen LogP contribution >= 0.6 is 0 Å². The first-order valence-corrected chi connectivity index (χ1v) is 7.26. The van der Waals surface area contributed by atoms with Crippen molar-refractivity contribution in [3.63, 3.8) is 0 Å². The smallest absolute Gasteiger partial charge is 0.746 e. The average Bonchev–Trinajstić information content (AvgIpc) is 2.28. The van der Waals surface area contributed by atoms with E-state index in [0.717, 1.165) is 11.3 Å². The SMILES string of the molecule is CCN(CCC(O)S(=O)(=O)[O-])c1cccc(C)c1.[Na+]. The summed E-state index contributed by atoms with van der Waals surface area (Å²) in [5.41, 5.74) is 0.215. The average molecular weight is 295 g/mol. The van der Waals surface area contributed by atoms with Crippen LogP contribution < -0.4 is 34.5 Å². The van der Waals surface area contributed by atoms with E-state index in [1.807, 2.05) is 43.0 Å². The minimum absolute atomic E-state index is 0. The number of aryl methyl sites for hydroxylation is 1. The van der Waals surface area contributed by atoms with Gasteiger partial charge in [0.1, 0.15) is 15.6 Å². The maximum atomic E-state index is 10.6. The molecular weight excluding hydrogens is 277 g/mol. The summed E-state index contributed by atoms with van der Waals surface area (Å²) in [7, 11) is -4.62. The summed E-state index contributed by atoms with van der Waals surface area (Å²) in [6, 6.07) is 7.76. The number of aliphatic hydroxyl groups excluding tert-OH is 1. The van der Waals surface area contributed by atoms with Crippen molar-refractivity contribution < 1.29 is 47.6 Å². The van der Waals surface area contributed by atoms with Gasteiger partial charge in [0.25, 0.3) is 0 Å². The van der Waals surface area contributed by atoms with Crippen LogP contribution in [0.2, 0.25) is 0 Å². The van der Waals surface area contributed by atoms with Gasteiger partial charge in [-0.05, 0) is 31.5 Å². The first-order valence-electron chi connectivity index (χ1n) is 5.79. The molecule has 0 fully saturated rings. The zero-order valence-corrected chi connectivity index (χ0v) is 14.4. The Morgan fingerprint density at radius 2 is 2.05 bits per heavy atom. The monoisotopic (exact) mass is 295 g/mol.